The zero-order valence-electron chi connectivity index (χ0n) is 7.32. The van der Waals surface area contributed by atoms with Gasteiger partial charge in [-0.3, -0.25) is 9.78 Å². The normalized spacial score (nSPS) is 8.23. The van der Waals surface area contributed by atoms with Gasteiger partial charge in [-0.15, -0.1) is 0 Å². The molecule has 1 N–H and O–H groups in total. The first-order valence-electron chi connectivity index (χ1n) is 3.41. The van der Waals surface area contributed by atoms with Crippen molar-refractivity contribution < 1.29 is 14.6 Å². The van der Waals surface area contributed by atoms with Crippen molar-refractivity contribution in [3.05, 3.63) is 23.5 Å². The maximum absolute atomic E-state index is 9.00. The van der Waals surface area contributed by atoms with Crippen LogP contribution in [0.15, 0.2) is 18.5 Å². The van der Waals surface area contributed by atoms with E-state index in [-0.39, 0.29) is 0 Å². The molecule has 0 aliphatic carbocycles. The van der Waals surface area contributed by atoms with Crippen molar-refractivity contribution in [2.75, 3.05) is 7.11 Å². The molecule has 72 valence electrons. The molecule has 0 saturated heterocycles. The number of rotatable bonds is 1. The Hall–Kier alpha value is -1.29. The quantitative estimate of drug-likeness (QED) is 0.757. The molecule has 0 radical (unpaired) electrons. The molecule has 5 heteroatoms. The van der Waals surface area contributed by atoms with Crippen molar-refractivity contribution in [3.8, 4) is 5.75 Å². The molecule has 0 atom stereocenters. The van der Waals surface area contributed by atoms with Gasteiger partial charge in [0.15, 0.2) is 5.75 Å². The van der Waals surface area contributed by atoms with Crippen LogP contribution in [0.5, 0.6) is 5.75 Å². The largest absolute Gasteiger partial charge is 0.494 e. The molecule has 0 aliphatic rings. The Bertz CT molecular complexity index is 274. The average molecular weight is 204 g/mol. The van der Waals surface area contributed by atoms with E-state index < -0.39 is 5.97 Å². The molecule has 0 aliphatic heterocycles. The summed E-state index contributed by atoms with van der Waals surface area (Å²) < 4.78 is 4.85. The molecule has 0 fully saturated rings. The maximum atomic E-state index is 9.00. The highest BCUT2D eigenvalue weighted by atomic mass is 35.5. The number of hydrogen-bond donors (Lipinski definition) is 1. The fourth-order valence-electron chi connectivity index (χ4n) is 0.513. The summed E-state index contributed by atoms with van der Waals surface area (Å²) in [7, 11) is 1.56. The molecule has 0 saturated carbocycles. The van der Waals surface area contributed by atoms with Crippen LogP contribution in [-0.4, -0.2) is 23.2 Å². The molecule has 4 nitrogen and oxygen atoms in total. The molecule has 1 aromatic rings. The lowest BCUT2D eigenvalue weighted by atomic mass is 10.5. The maximum Gasteiger partial charge on any atom is 0.300 e. The van der Waals surface area contributed by atoms with E-state index in [0.29, 0.717) is 10.8 Å². The van der Waals surface area contributed by atoms with Gasteiger partial charge in [-0.1, -0.05) is 11.6 Å². The number of hydrogen-bond acceptors (Lipinski definition) is 3. The molecule has 0 spiro atoms. The van der Waals surface area contributed by atoms with Gasteiger partial charge in [-0.25, -0.2) is 0 Å². The summed E-state index contributed by atoms with van der Waals surface area (Å²) in [6.45, 7) is 1.08. The van der Waals surface area contributed by atoms with E-state index >= 15 is 0 Å². The molecule has 0 aromatic carbocycles. The third-order valence-electron chi connectivity index (χ3n) is 0.954. The van der Waals surface area contributed by atoms with Crippen LogP contribution in [0.3, 0.4) is 0 Å². The van der Waals surface area contributed by atoms with E-state index in [4.69, 9.17) is 26.2 Å². The van der Waals surface area contributed by atoms with Crippen LogP contribution < -0.4 is 4.74 Å². The predicted molar refractivity (Wildman–Crippen MR) is 49.1 cm³/mol. The Labute approximate surface area is 81.1 Å². The van der Waals surface area contributed by atoms with E-state index in [2.05, 4.69) is 4.98 Å². The molecule has 13 heavy (non-hydrogen) atoms. The number of methoxy groups -OCH3 is 1. The predicted octanol–water partition coefficient (Wildman–Crippen LogP) is 1.83. The first-order chi connectivity index (χ1) is 6.07. The number of halogens is 1. The summed E-state index contributed by atoms with van der Waals surface area (Å²) in [5.74, 6) is -0.223. The minimum absolute atomic E-state index is 0.590. The number of ether oxygens (including phenoxy) is 1. The number of carboxylic acid groups (broad SMARTS) is 1. The number of nitrogens with zero attached hydrogens (tertiary/aromatic N) is 1. The van der Waals surface area contributed by atoms with Gasteiger partial charge in [0, 0.05) is 13.1 Å². The molecular formula is C8H10ClNO3. The first kappa shape index (κ1) is 11.7. The van der Waals surface area contributed by atoms with Gasteiger partial charge in [0.1, 0.15) is 0 Å². The molecular weight excluding hydrogens is 194 g/mol. The molecule has 1 aromatic heterocycles. The van der Waals surface area contributed by atoms with Gasteiger partial charge in [0.2, 0.25) is 0 Å². The van der Waals surface area contributed by atoms with Gasteiger partial charge in [-0.2, -0.15) is 0 Å². The summed E-state index contributed by atoms with van der Waals surface area (Å²) in [5, 5.41) is 8.01. The lowest BCUT2D eigenvalue weighted by Gasteiger charge is -1.97. The summed E-state index contributed by atoms with van der Waals surface area (Å²) in [6, 6.07) is 1.68. The van der Waals surface area contributed by atoms with Crippen LogP contribution in [0.2, 0.25) is 5.02 Å². The zero-order valence-corrected chi connectivity index (χ0v) is 8.08. The van der Waals surface area contributed by atoms with Gasteiger partial charge in [0.25, 0.3) is 5.97 Å². The fourth-order valence-corrected chi connectivity index (χ4v) is 0.695. The van der Waals surface area contributed by atoms with Crippen molar-refractivity contribution in [2.45, 2.75) is 6.92 Å². The fraction of sp³-hybridized carbons (Fsp3) is 0.250. The third kappa shape index (κ3) is 5.93. The van der Waals surface area contributed by atoms with Crippen molar-refractivity contribution in [1.29, 1.82) is 0 Å². The van der Waals surface area contributed by atoms with Gasteiger partial charge < -0.3 is 9.84 Å². The van der Waals surface area contributed by atoms with Crippen molar-refractivity contribution >= 4 is 17.6 Å². The SMILES string of the molecule is CC(=O)O.COc1cnccc1Cl. The molecule has 0 amide bonds. The van der Waals surface area contributed by atoms with Crippen LogP contribution in [0, 0.1) is 0 Å². The lowest BCUT2D eigenvalue weighted by molar-refractivity contribution is -0.134. The Morgan fingerprint density at radius 3 is 2.54 bits per heavy atom. The van der Waals surface area contributed by atoms with Crippen LogP contribution in [0.1, 0.15) is 6.92 Å². The van der Waals surface area contributed by atoms with Gasteiger partial charge >= 0.3 is 0 Å². The van der Waals surface area contributed by atoms with E-state index in [9.17, 15) is 0 Å². The summed E-state index contributed by atoms with van der Waals surface area (Å²) in [5.41, 5.74) is 0. The molecule has 1 rings (SSSR count). The lowest BCUT2D eigenvalue weighted by Crippen LogP contribution is -1.83. The summed E-state index contributed by atoms with van der Waals surface area (Å²) in [4.78, 5) is 12.8. The number of aliphatic carboxylic acids is 1. The van der Waals surface area contributed by atoms with E-state index in [1.807, 2.05) is 0 Å². The average Bonchev–Trinajstić information content (AvgIpc) is 2.04. The topological polar surface area (TPSA) is 59.4 Å². The third-order valence-corrected chi connectivity index (χ3v) is 1.27. The molecule has 1 heterocycles. The van der Waals surface area contributed by atoms with E-state index in [0.717, 1.165) is 6.92 Å². The Morgan fingerprint density at radius 1 is 1.69 bits per heavy atom. The molecule has 0 bridgehead atoms. The van der Waals surface area contributed by atoms with Gasteiger partial charge in [0.05, 0.1) is 18.3 Å². The second-order valence-corrected chi connectivity index (χ2v) is 2.44. The van der Waals surface area contributed by atoms with E-state index in [1.54, 1.807) is 25.6 Å². The number of carbonyl (C=O) groups is 1. The summed E-state index contributed by atoms with van der Waals surface area (Å²) in [6.07, 6.45) is 3.19. The Balaban J connectivity index is 0.000000310. The minimum Gasteiger partial charge on any atom is -0.494 e. The van der Waals surface area contributed by atoms with Crippen LogP contribution >= 0.6 is 11.6 Å². The number of carboxylic acids is 1. The highest BCUT2D eigenvalue weighted by Gasteiger charge is 1.94. The van der Waals surface area contributed by atoms with Crippen molar-refractivity contribution in [3.63, 3.8) is 0 Å². The highest BCUT2D eigenvalue weighted by molar-refractivity contribution is 6.31. The zero-order chi connectivity index (χ0) is 10.3. The van der Waals surface area contributed by atoms with Crippen LogP contribution in [0.25, 0.3) is 0 Å². The second-order valence-electron chi connectivity index (χ2n) is 2.03. The van der Waals surface area contributed by atoms with Gasteiger partial charge in [-0.05, 0) is 6.07 Å². The summed E-state index contributed by atoms with van der Waals surface area (Å²) >= 11 is 5.66. The Kier molecular flexibility index (Phi) is 5.63. The second kappa shape index (κ2) is 6.25. The number of pyridine rings is 1. The van der Waals surface area contributed by atoms with Crippen LogP contribution in [0.4, 0.5) is 0 Å². The smallest absolute Gasteiger partial charge is 0.300 e. The molecule has 0 unspecified atom stereocenters. The standard InChI is InChI=1S/C6H6ClNO.C2H4O2/c1-9-6-4-8-3-2-5(6)7;1-2(3)4/h2-4H,1H3;1H3,(H,3,4). The van der Waals surface area contributed by atoms with Crippen molar-refractivity contribution in [1.82, 2.24) is 4.98 Å². The van der Waals surface area contributed by atoms with Crippen molar-refractivity contribution in [2.24, 2.45) is 0 Å². The first-order valence-corrected chi connectivity index (χ1v) is 3.78. The van der Waals surface area contributed by atoms with E-state index in [1.165, 1.54) is 0 Å². The van der Waals surface area contributed by atoms with Crippen LogP contribution in [-0.2, 0) is 4.79 Å². The Morgan fingerprint density at radius 2 is 2.23 bits per heavy atom. The monoisotopic (exact) mass is 203 g/mol. The minimum atomic E-state index is -0.833. The highest BCUT2D eigenvalue weighted by Crippen LogP contribution is 2.20. The number of aromatic nitrogens is 1.